The summed E-state index contributed by atoms with van der Waals surface area (Å²) in [6, 6.07) is 20.6. The Morgan fingerprint density at radius 3 is 2.36 bits per heavy atom. The summed E-state index contributed by atoms with van der Waals surface area (Å²) < 4.78 is 11.4. The Morgan fingerprint density at radius 1 is 0.786 bits per heavy atom. The summed E-state index contributed by atoms with van der Waals surface area (Å²) >= 11 is 0. The Bertz CT molecular complexity index is 860. The lowest BCUT2D eigenvalue weighted by atomic mass is 10.1. The topological polar surface area (TPSA) is 31.4 Å². The van der Waals surface area contributed by atoms with E-state index >= 15 is 0 Å². The van der Waals surface area contributed by atoms with Crippen molar-refractivity contribution in [1.29, 1.82) is 0 Å². The van der Waals surface area contributed by atoms with Crippen LogP contribution in [0.2, 0.25) is 0 Å². The number of pyridine rings is 1. The Kier molecular flexibility index (Phi) is 7.68. The van der Waals surface area contributed by atoms with Gasteiger partial charge in [-0.05, 0) is 66.6 Å². The molecule has 0 spiro atoms. The van der Waals surface area contributed by atoms with E-state index in [9.17, 15) is 0 Å². The lowest BCUT2D eigenvalue weighted by Gasteiger charge is -2.11. The van der Waals surface area contributed by atoms with E-state index in [1.807, 2.05) is 30.3 Å². The first-order chi connectivity index (χ1) is 13.8. The maximum absolute atomic E-state index is 6.00. The van der Waals surface area contributed by atoms with Gasteiger partial charge >= 0.3 is 0 Å². The molecule has 0 aliphatic heterocycles. The molecule has 28 heavy (non-hydrogen) atoms. The maximum atomic E-state index is 6.00. The molecule has 2 aromatic carbocycles. The predicted molar refractivity (Wildman–Crippen MR) is 116 cm³/mol. The molecule has 3 rings (SSSR count). The van der Waals surface area contributed by atoms with Gasteiger partial charge in [-0.2, -0.15) is 0 Å². The zero-order valence-electron chi connectivity index (χ0n) is 16.4. The first-order valence-corrected chi connectivity index (χ1v) is 9.78. The van der Waals surface area contributed by atoms with Crippen LogP contribution in [0.1, 0.15) is 36.0 Å². The van der Waals surface area contributed by atoms with Gasteiger partial charge in [0, 0.05) is 12.4 Å². The molecule has 0 saturated heterocycles. The number of benzene rings is 2. The number of methoxy groups -OCH3 is 1. The third-order valence-electron chi connectivity index (χ3n) is 4.57. The Labute approximate surface area is 167 Å². The van der Waals surface area contributed by atoms with Crippen molar-refractivity contribution in [1.82, 2.24) is 4.98 Å². The summed E-state index contributed by atoms with van der Waals surface area (Å²) in [6.45, 7) is 0.697. The Hall–Kier alpha value is -3.07. The van der Waals surface area contributed by atoms with Crippen molar-refractivity contribution >= 4 is 12.2 Å². The lowest BCUT2D eigenvalue weighted by molar-refractivity contribution is 0.285. The van der Waals surface area contributed by atoms with Gasteiger partial charge in [-0.3, -0.25) is 4.98 Å². The zero-order chi connectivity index (χ0) is 19.4. The van der Waals surface area contributed by atoms with E-state index in [0.717, 1.165) is 41.9 Å². The van der Waals surface area contributed by atoms with Crippen molar-refractivity contribution in [3.63, 3.8) is 0 Å². The smallest absolute Gasteiger partial charge is 0.161 e. The number of unbranched alkanes of at least 4 members (excludes halogenated alkanes) is 2. The quantitative estimate of drug-likeness (QED) is 0.405. The third-order valence-corrected chi connectivity index (χ3v) is 4.57. The molecular formula is C25H27NO2. The average molecular weight is 373 g/mol. The SMILES string of the molecule is COc1ccc(C=Cc2ccncc2)cc1OCCCCCc1ccccc1. The fourth-order valence-electron chi connectivity index (χ4n) is 3.01. The number of aryl methyl sites for hydroxylation is 1. The van der Waals surface area contributed by atoms with Crippen LogP contribution < -0.4 is 9.47 Å². The van der Waals surface area contributed by atoms with Gasteiger partial charge < -0.3 is 9.47 Å². The van der Waals surface area contributed by atoms with Crippen molar-refractivity contribution < 1.29 is 9.47 Å². The van der Waals surface area contributed by atoms with Crippen LogP contribution in [0.4, 0.5) is 0 Å². The second-order valence-corrected chi connectivity index (χ2v) is 6.67. The van der Waals surface area contributed by atoms with Crippen molar-refractivity contribution in [3.05, 3.63) is 89.7 Å². The van der Waals surface area contributed by atoms with E-state index < -0.39 is 0 Å². The second-order valence-electron chi connectivity index (χ2n) is 6.67. The van der Waals surface area contributed by atoms with Crippen LogP contribution in [-0.2, 0) is 6.42 Å². The summed E-state index contributed by atoms with van der Waals surface area (Å²) in [5, 5.41) is 0. The van der Waals surface area contributed by atoms with E-state index in [2.05, 4.69) is 47.5 Å². The number of hydrogen-bond donors (Lipinski definition) is 0. The van der Waals surface area contributed by atoms with Gasteiger partial charge in [-0.15, -0.1) is 0 Å². The largest absolute Gasteiger partial charge is 0.493 e. The van der Waals surface area contributed by atoms with Gasteiger partial charge in [-0.1, -0.05) is 48.6 Å². The standard InChI is InChI=1S/C25H27NO2/c1-27-24-14-13-23(12-11-22-15-17-26-18-16-22)20-25(24)28-19-7-3-6-10-21-8-4-2-5-9-21/h2,4-5,8-9,11-18,20H,3,6-7,10,19H2,1H3. The number of aromatic nitrogens is 1. The summed E-state index contributed by atoms with van der Waals surface area (Å²) in [4.78, 5) is 4.04. The molecule has 3 aromatic rings. The average Bonchev–Trinajstić information content (AvgIpc) is 2.76. The second kappa shape index (κ2) is 10.9. The molecule has 0 unspecified atom stereocenters. The molecule has 0 radical (unpaired) electrons. The van der Waals surface area contributed by atoms with Gasteiger partial charge in [0.25, 0.3) is 0 Å². The fraction of sp³-hybridized carbons (Fsp3) is 0.240. The Morgan fingerprint density at radius 2 is 1.57 bits per heavy atom. The van der Waals surface area contributed by atoms with Crippen molar-refractivity contribution in [2.24, 2.45) is 0 Å². The predicted octanol–water partition coefficient (Wildman–Crippen LogP) is 6.05. The minimum absolute atomic E-state index is 0.697. The molecule has 0 aliphatic rings. The number of ether oxygens (including phenoxy) is 2. The van der Waals surface area contributed by atoms with E-state index in [-0.39, 0.29) is 0 Å². The third kappa shape index (κ3) is 6.27. The molecule has 0 saturated carbocycles. The summed E-state index contributed by atoms with van der Waals surface area (Å²) in [7, 11) is 1.68. The van der Waals surface area contributed by atoms with E-state index in [1.54, 1.807) is 19.5 Å². The minimum Gasteiger partial charge on any atom is -0.493 e. The lowest BCUT2D eigenvalue weighted by Crippen LogP contribution is -2.00. The van der Waals surface area contributed by atoms with Crippen molar-refractivity contribution in [2.45, 2.75) is 25.7 Å². The minimum atomic E-state index is 0.697. The summed E-state index contributed by atoms with van der Waals surface area (Å²) in [5.41, 5.74) is 3.60. The van der Waals surface area contributed by atoms with Gasteiger partial charge in [0.15, 0.2) is 11.5 Å². The number of nitrogens with zero attached hydrogens (tertiary/aromatic N) is 1. The van der Waals surface area contributed by atoms with E-state index in [1.165, 1.54) is 12.0 Å². The van der Waals surface area contributed by atoms with E-state index in [0.29, 0.717) is 6.61 Å². The highest BCUT2D eigenvalue weighted by atomic mass is 16.5. The highest BCUT2D eigenvalue weighted by Crippen LogP contribution is 2.29. The van der Waals surface area contributed by atoms with Crippen LogP contribution in [0.15, 0.2) is 73.1 Å². The fourth-order valence-corrected chi connectivity index (χ4v) is 3.01. The number of hydrogen-bond acceptors (Lipinski definition) is 3. The van der Waals surface area contributed by atoms with Crippen LogP contribution >= 0.6 is 0 Å². The molecule has 1 aromatic heterocycles. The molecule has 0 aliphatic carbocycles. The van der Waals surface area contributed by atoms with Crippen molar-refractivity contribution in [2.75, 3.05) is 13.7 Å². The maximum Gasteiger partial charge on any atom is 0.161 e. The molecule has 3 heteroatoms. The van der Waals surface area contributed by atoms with Gasteiger partial charge in [0.1, 0.15) is 0 Å². The molecule has 0 amide bonds. The molecule has 0 fully saturated rings. The monoisotopic (exact) mass is 373 g/mol. The van der Waals surface area contributed by atoms with Crippen LogP contribution in [-0.4, -0.2) is 18.7 Å². The van der Waals surface area contributed by atoms with Gasteiger partial charge in [0.05, 0.1) is 13.7 Å². The molecule has 144 valence electrons. The zero-order valence-corrected chi connectivity index (χ0v) is 16.4. The van der Waals surface area contributed by atoms with Crippen LogP contribution in [0.25, 0.3) is 12.2 Å². The molecule has 0 atom stereocenters. The molecule has 1 heterocycles. The number of rotatable bonds is 10. The van der Waals surface area contributed by atoms with Gasteiger partial charge in [0.2, 0.25) is 0 Å². The molecule has 3 nitrogen and oxygen atoms in total. The first-order valence-electron chi connectivity index (χ1n) is 9.78. The molecular weight excluding hydrogens is 346 g/mol. The highest BCUT2D eigenvalue weighted by molar-refractivity contribution is 5.70. The Balaban J connectivity index is 1.49. The summed E-state index contributed by atoms with van der Waals surface area (Å²) in [6.07, 6.45) is 12.2. The van der Waals surface area contributed by atoms with Crippen LogP contribution in [0, 0.1) is 0 Å². The normalized spacial score (nSPS) is 10.9. The first kappa shape index (κ1) is 19.7. The molecule has 0 N–H and O–H groups in total. The highest BCUT2D eigenvalue weighted by Gasteiger charge is 2.05. The van der Waals surface area contributed by atoms with Gasteiger partial charge in [-0.25, -0.2) is 0 Å². The van der Waals surface area contributed by atoms with Crippen molar-refractivity contribution in [3.8, 4) is 11.5 Å². The van der Waals surface area contributed by atoms with Crippen LogP contribution in [0.5, 0.6) is 11.5 Å². The molecule has 0 bridgehead atoms. The van der Waals surface area contributed by atoms with Crippen LogP contribution in [0.3, 0.4) is 0 Å². The summed E-state index contributed by atoms with van der Waals surface area (Å²) in [5.74, 6) is 1.56. The van der Waals surface area contributed by atoms with E-state index in [4.69, 9.17) is 9.47 Å².